The van der Waals surface area contributed by atoms with E-state index in [1.165, 1.54) is 18.7 Å². The van der Waals surface area contributed by atoms with Crippen molar-refractivity contribution in [3.05, 3.63) is 23.8 Å². The molecule has 17 heavy (non-hydrogen) atoms. The Morgan fingerprint density at radius 2 is 2.29 bits per heavy atom. The predicted octanol–water partition coefficient (Wildman–Crippen LogP) is 1.88. The maximum Gasteiger partial charge on any atom is 0.246 e. The number of nitrogens with zero attached hydrogens (tertiary/aromatic N) is 3. The molecule has 1 aromatic rings. The highest BCUT2D eigenvalue weighted by Gasteiger charge is 2.28. The zero-order valence-corrected chi connectivity index (χ0v) is 10.7. The molecule has 1 saturated carbocycles. The van der Waals surface area contributed by atoms with Crippen molar-refractivity contribution >= 4 is 12.0 Å². The van der Waals surface area contributed by atoms with Crippen LogP contribution in [0, 0.1) is 0 Å². The molecule has 1 amide bonds. The Hall–Kier alpha value is -1.58. The van der Waals surface area contributed by atoms with Crippen LogP contribution in [-0.2, 0) is 11.3 Å². The Kier molecular flexibility index (Phi) is 3.31. The van der Waals surface area contributed by atoms with Gasteiger partial charge in [-0.15, -0.1) is 0 Å². The summed E-state index contributed by atoms with van der Waals surface area (Å²) in [6, 6.07) is 0. The van der Waals surface area contributed by atoms with Crippen molar-refractivity contribution < 1.29 is 4.79 Å². The quantitative estimate of drug-likeness (QED) is 0.745. The highest BCUT2D eigenvalue weighted by molar-refractivity contribution is 5.91. The van der Waals surface area contributed by atoms with E-state index >= 15 is 0 Å². The topological polar surface area (TPSA) is 38.1 Å². The first-order valence-electron chi connectivity index (χ1n) is 6.08. The predicted molar refractivity (Wildman–Crippen MR) is 67.6 cm³/mol. The van der Waals surface area contributed by atoms with Gasteiger partial charge >= 0.3 is 0 Å². The molecule has 0 spiro atoms. The molecule has 0 aliphatic heterocycles. The first-order valence-corrected chi connectivity index (χ1v) is 6.08. The van der Waals surface area contributed by atoms with Gasteiger partial charge in [0.05, 0.1) is 11.9 Å². The van der Waals surface area contributed by atoms with E-state index in [9.17, 15) is 4.79 Å². The van der Waals surface area contributed by atoms with E-state index in [-0.39, 0.29) is 5.91 Å². The lowest BCUT2D eigenvalue weighted by Crippen LogP contribution is -2.18. The molecule has 1 aliphatic carbocycles. The van der Waals surface area contributed by atoms with Crippen LogP contribution >= 0.6 is 0 Å². The number of rotatable bonds is 4. The molecular weight excluding hydrogens is 214 g/mol. The second-order valence-electron chi connectivity index (χ2n) is 4.63. The molecule has 0 aromatic carbocycles. The van der Waals surface area contributed by atoms with Crippen LogP contribution in [0.1, 0.15) is 37.2 Å². The molecule has 92 valence electrons. The van der Waals surface area contributed by atoms with Gasteiger partial charge in [0.25, 0.3) is 0 Å². The molecule has 0 unspecified atom stereocenters. The van der Waals surface area contributed by atoms with Crippen molar-refractivity contribution in [2.24, 2.45) is 0 Å². The zero-order chi connectivity index (χ0) is 12.4. The van der Waals surface area contributed by atoms with Gasteiger partial charge in [0.2, 0.25) is 5.91 Å². The van der Waals surface area contributed by atoms with Crippen molar-refractivity contribution in [2.45, 2.75) is 32.2 Å². The van der Waals surface area contributed by atoms with Gasteiger partial charge in [-0.1, -0.05) is 0 Å². The fourth-order valence-electron chi connectivity index (χ4n) is 1.85. The van der Waals surface area contributed by atoms with Gasteiger partial charge < -0.3 is 9.47 Å². The minimum absolute atomic E-state index is 0.00169. The van der Waals surface area contributed by atoms with Crippen LogP contribution in [0.2, 0.25) is 0 Å². The average Bonchev–Trinajstić information content (AvgIpc) is 3.06. The SMILES string of the molecule is CCn1c(/C=C/C(=O)N(C)C)cnc1C1CC1. The van der Waals surface area contributed by atoms with E-state index in [0.717, 1.165) is 12.2 Å². The number of hydrogen-bond acceptors (Lipinski definition) is 2. The number of amides is 1. The summed E-state index contributed by atoms with van der Waals surface area (Å²) in [7, 11) is 3.50. The van der Waals surface area contributed by atoms with Crippen LogP contribution in [0.5, 0.6) is 0 Å². The molecule has 0 bridgehead atoms. The number of likely N-dealkylation sites (N-methyl/N-ethyl adjacent to an activating group) is 1. The van der Waals surface area contributed by atoms with Crippen LogP contribution in [0.15, 0.2) is 12.3 Å². The number of imidazole rings is 1. The van der Waals surface area contributed by atoms with E-state index in [0.29, 0.717) is 5.92 Å². The molecule has 0 radical (unpaired) electrons. The summed E-state index contributed by atoms with van der Waals surface area (Å²) < 4.78 is 2.19. The highest BCUT2D eigenvalue weighted by atomic mass is 16.2. The van der Waals surface area contributed by atoms with Crippen molar-refractivity contribution in [1.82, 2.24) is 14.5 Å². The maximum atomic E-state index is 11.5. The third kappa shape index (κ3) is 2.57. The Bertz CT molecular complexity index is 442. The molecule has 0 N–H and O–H groups in total. The minimum atomic E-state index is 0.00169. The molecule has 1 heterocycles. The van der Waals surface area contributed by atoms with Crippen LogP contribution in [-0.4, -0.2) is 34.5 Å². The number of carbonyl (C=O) groups excluding carboxylic acids is 1. The fraction of sp³-hybridized carbons (Fsp3) is 0.538. The van der Waals surface area contributed by atoms with E-state index in [2.05, 4.69) is 16.5 Å². The van der Waals surface area contributed by atoms with Gasteiger partial charge in [-0.25, -0.2) is 4.98 Å². The fourth-order valence-corrected chi connectivity index (χ4v) is 1.85. The summed E-state index contributed by atoms with van der Waals surface area (Å²) in [5.74, 6) is 1.81. The van der Waals surface area contributed by atoms with E-state index < -0.39 is 0 Å². The van der Waals surface area contributed by atoms with Gasteiger partial charge in [0.15, 0.2) is 0 Å². The highest BCUT2D eigenvalue weighted by Crippen LogP contribution is 2.39. The third-order valence-corrected chi connectivity index (χ3v) is 3.01. The van der Waals surface area contributed by atoms with Gasteiger partial charge in [-0.2, -0.15) is 0 Å². The summed E-state index contributed by atoms with van der Waals surface area (Å²) >= 11 is 0. The van der Waals surface area contributed by atoms with E-state index in [4.69, 9.17) is 0 Å². The summed E-state index contributed by atoms with van der Waals surface area (Å²) in [4.78, 5) is 17.5. The van der Waals surface area contributed by atoms with Crippen LogP contribution in [0.3, 0.4) is 0 Å². The first-order chi connectivity index (χ1) is 8.13. The molecule has 1 aromatic heterocycles. The minimum Gasteiger partial charge on any atom is -0.345 e. The molecular formula is C13H19N3O. The maximum absolute atomic E-state index is 11.5. The lowest BCUT2D eigenvalue weighted by atomic mass is 10.3. The molecule has 0 saturated heterocycles. The van der Waals surface area contributed by atoms with Gasteiger partial charge in [-0.05, 0) is 25.8 Å². The van der Waals surface area contributed by atoms with Crippen molar-refractivity contribution in [3.63, 3.8) is 0 Å². The van der Waals surface area contributed by atoms with Gasteiger partial charge in [0.1, 0.15) is 5.82 Å². The largest absolute Gasteiger partial charge is 0.345 e. The summed E-state index contributed by atoms with van der Waals surface area (Å²) in [5.41, 5.74) is 1.02. The molecule has 2 rings (SSSR count). The monoisotopic (exact) mass is 233 g/mol. The average molecular weight is 233 g/mol. The standard InChI is InChI=1S/C13H19N3O/c1-4-16-11(7-8-12(17)15(2)3)9-14-13(16)10-5-6-10/h7-10H,4-6H2,1-3H3/b8-7+. The van der Waals surface area contributed by atoms with Crippen LogP contribution in [0.4, 0.5) is 0 Å². The van der Waals surface area contributed by atoms with Crippen molar-refractivity contribution in [3.8, 4) is 0 Å². The Balaban J connectivity index is 2.18. The second kappa shape index (κ2) is 4.73. The Morgan fingerprint density at radius 1 is 1.59 bits per heavy atom. The second-order valence-corrected chi connectivity index (χ2v) is 4.63. The normalized spacial score (nSPS) is 15.5. The molecule has 0 atom stereocenters. The molecule has 4 nitrogen and oxygen atoms in total. The molecule has 4 heteroatoms. The first kappa shape index (κ1) is 11.9. The smallest absolute Gasteiger partial charge is 0.246 e. The Morgan fingerprint density at radius 3 is 2.82 bits per heavy atom. The Labute approximate surface area is 102 Å². The zero-order valence-electron chi connectivity index (χ0n) is 10.7. The van der Waals surface area contributed by atoms with Gasteiger partial charge in [0, 0.05) is 32.6 Å². The number of aromatic nitrogens is 2. The van der Waals surface area contributed by atoms with Crippen molar-refractivity contribution in [1.29, 1.82) is 0 Å². The van der Waals surface area contributed by atoms with Gasteiger partial charge in [-0.3, -0.25) is 4.79 Å². The third-order valence-electron chi connectivity index (χ3n) is 3.01. The number of carbonyl (C=O) groups is 1. The van der Waals surface area contributed by atoms with Crippen molar-refractivity contribution in [2.75, 3.05) is 14.1 Å². The number of hydrogen-bond donors (Lipinski definition) is 0. The van der Waals surface area contributed by atoms with Crippen LogP contribution < -0.4 is 0 Å². The molecule has 1 fully saturated rings. The summed E-state index contributed by atoms with van der Waals surface area (Å²) in [5, 5.41) is 0. The van der Waals surface area contributed by atoms with E-state index in [1.54, 1.807) is 25.1 Å². The lowest BCUT2D eigenvalue weighted by Gasteiger charge is -2.07. The summed E-state index contributed by atoms with van der Waals surface area (Å²) in [6.07, 6.45) is 7.80. The summed E-state index contributed by atoms with van der Waals surface area (Å²) in [6.45, 7) is 3.01. The van der Waals surface area contributed by atoms with Crippen LogP contribution in [0.25, 0.3) is 6.08 Å². The lowest BCUT2D eigenvalue weighted by molar-refractivity contribution is -0.123. The molecule has 1 aliphatic rings. The van der Waals surface area contributed by atoms with E-state index in [1.807, 2.05) is 12.3 Å².